The van der Waals surface area contributed by atoms with Crippen LogP contribution in [0.1, 0.15) is 30.1 Å². The molecule has 1 aliphatic rings. The van der Waals surface area contributed by atoms with Gasteiger partial charge in [0.15, 0.2) is 0 Å². The normalized spacial score (nSPS) is 15.3. The van der Waals surface area contributed by atoms with Crippen LogP contribution in [0.15, 0.2) is 47.4 Å². The van der Waals surface area contributed by atoms with Crippen molar-refractivity contribution in [1.82, 2.24) is 5.32 Å². The second-order valence-corrected chi connectivity index (χ2v) is 8.42. The van der Waals surface area contributed by atoms with E-state index in [2.05, 4.69) is 10.0 Å². The molecule has 3 rings (SSSR count). The van der Waals surface area contributed by atoms with E-state index in [-0.39, 0.29) is 33.1 Å². The summed E-state index contributed by atoms with van der Waals surface area (Å²) in [6.07, 6.45) is 2.17. The first-order valence-electron chi connectivity index (χ1n) is 8.15. The van der Waals surface area contributed by atoms with Gasteiger partial charge in [-0.3, -0.25) is 9.52 Å². The molecular formula is C18H18ClFN2O3S. The largest absolute Gasteiger partial charge is 0.349 e. The van der Waals surface area contributed by atoms with Crippen LogP contribution in [0.25, 0.3) is 0 Å². The molecule has 1 aliphatic carbocycles. The Bertz CT molecular complexity index is 928. The van der Waals surface area contributed by atoms with Gasteiger partial charge < -0.3 is 5.32 Å². The van der Waals surface area contributed by atoms with Crippen molar-refractivity contribution in [2.24, 2.45) is 5.92 Å². The number of anilines is 1. The van der Waals surface area contributed by atoms with Gasteiger partial charge in [0.1, 0.15) is 10.7 Å². The van der Waals surface area contributed by atoms with Gasteiger partial charge in [0, 0.05) is 17.3 Å². The molecule has 1 fully saturated rings. The SMILES string of the molecule is CC(NC(=O)c1ccc(Cl)c(S(=O)(=O)Nc2ccc(F)cc2)c1)C1CC1. The van der Waals surface area contributed by atoms with Crippen molar-refractivity contribution in [3.63, 3.8) is 0 Å². The molecule has 0 saturated heterocycles. The first-order valence-corrected chi connectivity index (χ1v) is 10.0. The molecule has 5 nitrogen and oxygen atoms in total. The van der Waals surface area contributed by atoms with Crippen LogP contribution in [0.2, 0.25) is 5.02 Å². The Morgan fingerprint density at radius 2 is 1.85 bits per heavy atom. The number of hydrogen-bond acceptors (Lipinski definition) is 3. The van der Waals surface area contributed by atoms with E-state index in [0.717, 1.165) is 25.0 Å². The maximum absolute atomic E-state index is 13.0. The minimum atomic E-state index is -4.03. The fraction of sp³-hybridized carbons (Fsp3) is 0.278. The third-order valence-electron chi connectivity index (χ3n) is 4.27. The van der Waals surface area contributed by atoms with Gasteiger partial charge >= 0.3 is 0 Å². The Kier molecular flexibility index (Phi) is 5.20. The van der Waals surface area contributed by atoms with Crippen LogP contribution in [0, 0.1) is 11.7 Å². The molecule has 2 N–H and O–H groups in total. The lowest BCUT2D eigenvalue weighted by molar-refractivity contribution is 0.0935. The summed E-state index contributed by atoms with van der Waals surface area (Å²) in [6, 6.07) is 9.01. The Morgan fingerprint density at radius 1 is 1.19 bits per heavy atom. The molecule has 0 bridgehead atoms. The second-order valence-electron chi connectivity index (χ2n) is 6.36. The van der Waals surface area contributed by atoms with Gasteiger partial charge in [0.05, 0.1) is 5.02 Å². The predicted octanol–water partition coefficient (Wildman–Crippen LogP) is 3.81. The summed E-state index contributed by atoms with van der Waals surface area (Å²) in [5.74, 6) is -0.344. The molecule has 0 radical (unpaired) electrons. The summed E-state index contributed by atoms with van der Waals surface area (Å²) in [5.41, 5.74) is 0.404. The molecule has 1 unspecified atom stereocenters. The molecule has 0 aromatic heterocycles. The number of carbonyl (C=O) groups excluding carboxylic acids is 1. The molecule has 2 aromatic rings. The second kappa shape index (κ2) is 7.25. The predicted molar refractivity (Wildman–Crippen MR) is 98.3 cm³/mol. The summed E-state index contributed by atoms with van der Waals surface area (Å²) in [6.45, 7) is 1.93. The number of hydrogen-bond donors (Lipinski definition) is 2. The molecule has 1 atom stereocenters. The van der Waals surface area contributed by atoms with E-state index in [1.165, 1.54) is 30.3 Å². The lowest BCUT2D eigenvalue weighted by atomic mass is 10.1. The van der Waals surface area contributed by atoms with Gasteiger partial charge in [-0.05, 0) is 68.1 Å². The number of nitrogens with one attached hydrogen (secondary N) is 2. The molecule has 0 aliphatic heterocycles. The molecule has 26 heavy (non-hydrogen) atoms. The molecule has 8 heteroatoms. The Morgan fingerprint density at radius 3 is 2.46 bits per heavy atom. The maximum Gasteiger partial charge on any atom is 0.263 e. The number of amides is 1. The van der Waals surface area contributed by atoms with Gasteiger partial charge in [-0.1, -0.05) is 11.6 Å². The van der Waals surface area contributed by atoms with Gasteiger partial charge in [0.25, 0.3) is 15.9 Å². The summed E-state index contributed by atoms with van der Waals surface area (Å²) in [5, 5.41) is 2.87. The van der Waals surface area contributed by atoms with E-state index in [1.807, 2.05) is 6.92 Å². The fourth-order valence-corrected chi connectivity index (χ4v) is 4.17. The quantitative estimate of drug-likeness (QED) is 0.779. The van der Waals surface area contributed by atoms with Crippen molar-refractivity contribution in [3.8, 4) is 0 Å². The van der Waals surface area contributed by atoms with Crippen molar-refractivity contribution in [2.45, 2.75) is 30.7 Å². The molecule has 0 heterocycles. The van der Waals surface area contributed by atoms with Crippen LogP contribution < -0.4 is 10.0 Å². The minimum absolute atomic E-state index is 0.00796. The lowest BCUT2D eigenvalue weighted by Crippen LogP contribution is -2.34. The summed E-state index contributed by atoms with van der Waals surface area (Å²) in [7, 11) is -4.03. The summed E-state index contributed by atoms with van der Waals surface area (Å²) >= 11 is 6.03. The van der Waals surface area contributed by atoms with E-state index in [4.69, 9.17) is 11.6 Å². The van der Waals surface area contributed by atoms with Crippen LogP contribution in [-0.4, -0.2) is 20.4 Å². The van der Waals surface area contributed by atoms with Crippen LogP contribution in [0.4, 0.5) is 10.1 Å². The zero-order valence-electron chi connectivity index (χ0n) is 14.0. The first kappa shape index (κ1) is 18.7. The first-order chi connectivity index (χ1) is 12.3. The van der Waals surface area contributed by atoms with E-state index >= 15 is 0 Å². The van der Waals surface area contributed by atoms with Crippen molar-refractivity contribution in [1.29, 1.82) is 0 Å². The average Bonchev–Trinajstić information content (AvgIpc) is 3.42. The lowest BCUT2D eigenvalue weighted by Gasteiger charge is -2.14. The molecule has 1 saturated carbocycles. The fourth-order valence-electron chi connectivity index (χ4n) is 2.58. The zero-order valence-corrected chi connectivity index (χ0v) is 15.6. The Hall–Kier alpha value is -2.12. The zero-order chi connectivity index (χ0) is 18.9. The van der Waals surface area contributed by atoms with E-state index in [9.17, 15) is 17.6 Å². The molecule has 0 spiro atoms. The molecule has 138 valence electrons. The van der Waals surface area contributed by atoms with Crippen molar-refractivity contribution >= 4 is 33.2 Å². The minimum Gasteiger partial charge on any atom is -0.349 e. The van der Waals surface area contributed by atoms with E-state index in [0.29, 0.717) is 5.92 Å². The van der Waals surface area contributed by atoms with Gasteiger partial charge in [-0.2, -0.15) is 0 Å². The highest BCUT2D eigenvalue weighted by Gasteiger charge is 2.29. The highest BCUT2D eigenvalue weighted by Crippen LogP contribution is 2.32. The highest BCUT2D eigenvalue weighted by molar-refractivity contribution is 7.92. The van der Waals surface area contributed by atoms with Crippen LogP contribution in [0.5, 0.6) is 0 Å². The topological polar surface area (TPSA) is 75.3 Å². The van der Waals surface area contributed by atoms with Crippen LogP contribution in [-0.2, 0) is 10.0 Å². The maximum atomic E-state index is 13.0. The highest BCUT2D eigenvalue weighted by atomic mass is 35.5. The molecule has 2 aromatic carbocycles. The summed E-state index contributed by atoms with van der Waals surface area (Å²) < 4.78 is 40.5. The number of rotatable bonds is 6. The number of halogens is 2. The number of sulfonamides is 1. The average molecular weight is 397 g/mol. The third-order valence-corrected chi connectivity index (χ3v) is 6.13. The van der Waals surface area contributed by atoms with E-state index < -0.39 is 15.8 Å². The third kappa shape index (κ3) is 4.34. The summed E-state index contributed by atoms with van der Waals surface area (Å²) in [4.78, 5) is 12.1. The van der Waals surface area contributed by atoms with Gasteiger partial charge in [0.2, 0.25) is 0 Å². The number of benzene rings is 2. The van der Waals surface area contributed by atoms with Crippen molar-refractivity contribution in [2.75, 3.05) is 4.72 Å². The van der Waals surface area contributed by atoms with Gasteiger partial charge in [-0.15, -0.1) is 0 Å². The monoisotopic (exact) mass is 396 g/mol. The molecule has 1 amide bonds. The van der Waals surface area contributed by atoms with Crippen molar-refractivity contribution in [3.05, 3.63) is 58.9 Å². The number of carbonyl (C=O) groups is 1. The van der Waals surface area contributed by atoms with E-state index in [1.54, 1.807) is 0 Å². The Labute approximate surface area is 156 Å². The molecular weight excluding hydrogens is 379 g/mol. The van der Waals surface area contributed by atoms with Crippen LogP contribution >= 0.6 is 11.6 Å². The van der Waals surface area contributed by atoms with Gasteiger partial charge in [-0.25, -0.2) is 12.8 Å². The Balaban J connectivity index is 1.83. The van der Waals surface area contributed by atoms with Crippen LogP contribution in [0.3, 0.4) is 0 Å². The van der Waals surface area contributed by atoms with Crippen molar-refractivity contribution < 1.29 is 17.6 Å². The smallest absolute Gasteiger partial charge is 0.263 e. The standard InChI is InChI=1S/C18H18ClFN2O3S/c1-11(12-2-3-12)21-18(23)13-4-9-16(19)17(10-13)26(24,25)22-15-7-5-14(20)6-8-15/h4-12,22H,2-3H2,1H3,(H,21,23).